The molecule has 0 aromatic heterocycles. The molecule has 0 bridgehead atoms. The van der Waals surface area contributed by atoms with E-state index in [0.717, 1.165) is 28.2 Å². The number of ether oxygens (including phenoxy) is 4. The Morgan fingerprint density at radius 1 is 0.844 bits per heavy atom. The maximum atomic E-state index is 13.9. The van der Waals surface area contributed by atoms with Crippen LogP contribution in [0.2, 0.25) is 0 Å². The minimum absolute atomic E-state index is 0.00847. The van der Waals surface area contributed by atoms with E-state index in [1.807, 2.05) is 78.9 Å². The van der Waals surface area contributed by atoms with E-state index in [1.54, 1.807) is 14.2 Å². The first-order valence-corrected chi connectivity index (χ1v) is 10.5. The summed E-state index contributed by atoms with van der Waals surface area (Å²) in [6, 6.07) is 25.1. The van der Waals surface area contributed by atoms with Gasteiger partial charge in [0.25, 0.3) is 0 Å². The van der Waals surface area contributed by atoms with E-state index in [2.05, 4.69) is 0 Å². The minimum atomic E-state index is -1.42. The van der Waals surface area contributed by atoms with Crippen molar-refractivity contribution in [2.45, 2.75) is 24.0 Å². The number of methoxy groups -OCH3 is 2. The van der Waals surface area contributed by atoms with Gasteiger partial charge < -0.3 is 24.1 Å². The lowest BCUT2D eigenvalue weighted by molar-refractivity contribution is -0.0710. The number of aliphatic hydroxyl groups is 1. The van der Waals surface area contributed by atoms with Crippen LogP contribution in [0.5, 0.6) is 11.5 Å². The lowest BCUT2D eigenvalue weighted by atomic mass is 9.80. The molecule has 1 saturated heterocycles. The fourth-order valence-electron chi connectivity index (χ4n) is 4.07. The van der Waals surface area contributed by atoms with Crippen molar-refractivity contribution in [2.24, 2.45) is 0 Å². The van der Waals surface area contributed by atoms with Gasteiger partial charge in [-0.05, 0) is 41.0 Å². The molecular weight excluding hydrogens is 411 g/mol. The lowest BCUT2D eigenvalue weighted by Gasteiger charge is -2.37. The Labute approximate surface area is 187 Å². The molecule has 168 valence electrons. The van der Waals surface area contributed by atoms with Crippen LogP contribution in [0.25, 0.3) is 0 Å². The summed E-state index contributed by atoms with van der Waals surface area (Å²) >= 11 is 0. The molecule has 1 heterocycles. The Hall–Kier alpha value is -2.93. The van der Waals surface area contributed by atoms with Gasteiger partial charge in [0.05, 0.1) is 27.4 Å². The number of aliphatic hydroxyl groups excluding tert-OH is 1. The highest BCUT2D eigenvalue weighted by Crippen LogP contribution is 2.42. The molecule has 32 heavy (non-hydrogen) atoms. The Bertz CT molecular complexity index is 943. The van der Waals surface area contributed by atoms with Crippen molar-refractivity contribution in [1.82, 2.24) is 0 Å². The zero-order valence-corrected chi connectivity index (χ0v) is 18.1. The Balaban J connectivity index is 1.84. The van der Waals surface area contributed by atoms with Crippen molar-refractivity contribution in [3.63, 3.8) is 0 Å². The highest BCUT2D eigenvalue weighted by Gasteiger charge is 2.42. The number of hydrogen-bond acceptors (Lipinski definition) is 5. The van der Waals surface area contributed by atoms with Crippen LogP contribution in [0.4, 0.5) is 4.39 Å². The predicted octanol–water partition coefficient (Wildman–Crippen LogP) is 4.11. The highest BCUT2D eigenvalue weighted by atomic mass is 19.1. The van der Waals surface area contributed by atoms with Crippen molar-refractivity contribution in [2.75, 3.05) is 27.4 Å². The third kappa shape index (κ3) is 4.21. The van der Waals surface area contributed by atoms with E-state index in [1.165, 1.54) is 0 Å². The number of hydrogen-bond donors (Lipinski definition) is 1. The average Bonchev–Trinajstić information content (AvgIpc) is 3.18. The molecule has 0 radical (unpaired) electrons. The topological polar surface area (TPSA) is 57.2 Å². The predicted molar refractivity (Wildman–Crippen MR) is 119 cm³/mol. The van der Waals surface area contributed by atoms with E-state index in [4.69, 9.17) is 18.9 Å². The Kier molecular flexibility index (Phi) is 6.74. The maximum Gasteiger partial charge on any atom is 0.152 e. The van der Waals surface area contributed by atoms with Gasteiger partial charge in [-0.3, -0.25) is 0 Å². The van der Waals surface area contributed by atoms with Gasteiger partial charge in [0.1, 0.15) is 29.3 Å². The van der Waals surface area contributed by atoms with Crippen molar-refractivity contribution < 1.29 is 28.4 Å². The number of rotatable bonds is 8. The van der Waals surface area contributed by atoms with Crippen LogP contribution in [0, 0.1) is 0 Å². The SMILES string of the molecule is COc1ccc(C(OC[C@H]2OC[C@H](F)[C@@H]2O)(c2ccccc2)c2ccc(OC)cc2)cc1. The molecular formula is C26H27FO5. The van der Waals surface area contributed by atoms with E-state index < -0.39 is 24.0 Å². The molecule has 6 heteroatoms. The van der Waals surface area contributed by atoms with Crippen molar-refractivity contribution in [1.29, 1.82) is 0 Å². The molecule has 1 fully saturated rings. The van der Waals surface area contributed by atoms with Gasteiger partial charge in [0, 0.05) is 0 Å². The summed E-state index contributed by atoms with van der Waals surface area (Å²) in [5, 5.41) is 10.2. The zero-order valence-electron chi connectivity index (χ0n) is 18.1. The second-order valence-electron chi connectivity index (χ2n) is 7.69. The van der Waals surface area contributed by atoms with Crippen LogP contribution in [-0.2, 0) is 15.1 Å². The van der Waals surface area contributed by atoms with Gasteiger partial charge in [-0.2, -0.15) is 0 Å². The van der Waals surface area contributed by atoms with E-state index in [0.29, 0.717) is 0 Å². The van der Waals surface area contributed by atoms with Gasteiger partial charge >= 0.3 is 0 Å². The van der Waals surface area contributed by atoms with Crippen LogP contribution in [-0.4, -0.2) is 50.9 Å². The van der Waals surface area contributed by atoms with Gasteiger partial charge in [0.15, 0.2) is 6.17 Å². The molecule has 0 unspecified atom stereocenters. The summed E-state index contributed by atoms with van der Waals surface area (Å²) in [5.41, 5.74) is 1.58. The fourth-order valence-corrected chi connectivity index (χ4v) is 4.07. The maximum absolute atomic E-state index is 13.9. The monoisotopic (exact) mass is 438 g/mol. The molecule has 0 aliphatic carbocycles. The summed E-state index contributed by atoms with van der Waals surface area (Å²) in [5.74, 6) is 1.44. The molecule has 1 N–H and O–H groups in total. The smallest absolute Gasteiger partial charge is 0.152 e. The summed E-state index contributed by atoms with van der Waals surface area (Å²) in [6.07, 6.45) is -3.41. The van der Waals surface area contributed by atoms with Crippen LogP contribution >= 0.6 is 0 Å². The third-order valence-electron chi connectivity index (χ3n) is 5.86. The first kappa shape index (κ1) is 22.3. The van der Waals surface area contributed by atoms with E-state index in [-0.39, 0.29) is 13.2 Å². The summed E-state index contributed by atoms with van der Waals surface area (Å²) in [6.45, 7) is -0.132. The van der Waals surface area contributed by atoms with Gasteiger partial charge in [0.2, 0.25) is 0 Å². The Morgan fingerprint density at radius 2 is 1.34 bits per heavy atom. The van der Waals surface area contributed by atoms with Crippen LogP contribution < -0.4 is 9.47 Å². The fraction of sp³-hybridized carbons (Fsp3) is 0.308. The second kappa shape index (κ2) is 9.69. The van der Waals surface area contributed by atoms with Crippen LogP contribution in [0.3, 0.4) is 0 Å². The van der Waals surface area contributed by atoms with Crippen molar-refractivity contribution in [3.8, 4) is 11.5 Å². The summed E-state index contributed by atoms with van der Waals surface area (Å²) in [4.78, 5) is 0. The van der Waals surface area contributed by atoms with E-state index >= 15 is 0 Å². The van der Waals surface area contributed by atoms with Crippen molar-refractivity contribution in [3.05, 3.63) is 95.6 Å². The number of halogens is 1. The summed E-state index contributed by atoms with van der Waals surface area (Å²) < 4.78 is 36.6. The molecule has 0 amide bonds. The summed E-state index contributed by atoms with van der Waals surface area (Å²) in [7, 11) is 3.23. The van der Waals surface area contributed by atoms with Gasteiger partial charge in [-0.15, -0.1) is 0 Å². The second-order valence-corrected chi connectivity index (χ2v) is 7.69. The molecule has 1 aliphatic rings. The first-order valence-electron chi connectivity index (χ1n) is 10.5. The highest BCUT2D eigenvalue weighted by molar-refractivity contribution is 5.49. The largest absolute Gasteiger partial charge is 0.497 e. The van der Waals surface area contributed by atoms with E-state index in [9.17, 15) is 9.50 Å². The average molecular weight is 438 g/mol. The Morgan fingerprint density at radius 3 is 1.78 bits per heavy atom. The molecule has 3 aromatic carbocycles. The third-order valence-corrected chi connectivity index (χ3v) is 5.86. The first-order chi connectivity index (χ1) is 15.6. The quantitative estimate of drug-likeness (QED) is 0.537. The molecule has 0 spiro atoms. The zero-order chi connectivity index (χ0) is 22.6. The molecule has 3 aromatic rings. The minimum Gasteiger partial charge on any atom is -0.497 e. The number of benzene rings is 3. The van der Waals surface area contributed by atoms with Crippen molar-refractivity contribution >= 4 is 0 Å². The molecule has 0 saturated carbocycles. The standard InChI is InChI=1S/C26H27FO5/c1-29-21-12-8-19(9-13-21)26(18-6-4-3-5-7-18,20-10-14-22(30-2)15-11-20)32-17-24-25(28)23(27)16-31-24/h3-15,23-25,28H,16-17H2,1-2H3/t23-,24+,25-/m0/s1. The van der Waals surface area contributed by atoms with Gasteiger partial charge in [-0.1, -0.05) is 54.6 Å². The lowest BCUT2D eigenvalue weighted by Crippen LogP contribution is -2.39. The molecule has 5 nitrogen and oxygen atoms in total. The molecule has 1 aliphatic heterocycles. The van der Waals surface area contributed by atoms with Crippen LogP contribution in [0.15, 0.2) is 78.9 Å². The molecule has 3 atom stereocenters. The van der Waals surface area contributed by atoms with Crippen LogP contribution in [0.1, 0.15) is 16.7 Å². The van der Waals surface area contributed by atoms with Gasteiger partial charge in [-0.25, -0.2) is 4.39 Å². The normalized spacial score (nSPS) is 20.8. The number of alkyl halides is 1. The molecule has 4 rings (SSSR count).